The smallest absolute Gasteiger partial charge is 0.160 e. The molecule has 1 spiro atoms. The molecule has 10 aromatic rings. The number of furan rings is 1. The first kappa shape index (κ1) is 31.2. The number of anilines is 3. The van der Waals surface area contributed by atoms with E-state index in [0.29, 0.717) is 0 Å². The molecule has 2 aliphatic carbocycles. The van der Waals surface area contributed by atoms with Crippen LogP contribution >= 0.6 is 0 Å². The normalized spacial score (nSPS) is 13.2. The van der Waals surface area contributed by atoms with Crippen LogP contribution in [0.15, 0.2) is 199 Å². The predicted molar refractivity (Wildman–Crippen MR) is 232 cm³/mol. The van der Waals surface area contributed by atoms with Gasteiger partial charge in [-0.3, -0.25) is 0 Å². The quantitative estimate of drug-likeness (QED) is 0.181. The van der Waals surface area contributed by atoms with Crippen LogP contribution in [-0.2, 0) is 5.41 Å². The lowest BCUT2D eigenvalue weighted by molar-refractivity contribution is 0.666. The average Bonchev–Trinajstić information content (AvgIpc) is 3.90. The lowest BCUT2D eigenvalue weighted by atomic mass is 9.70. The summed E-state index contributed by atoms with van der Waals surface area (Å²) in [6, 6.07) is 71.3. The highest BCUT2D eigenvalue weighted by atomic mass is 16.3. The van der Waals surface area contributed by atoms with E-state index in [1.54, 1.807) is 0 Å². The summed E-state index contributed by atoms with van der Waals surface area (Å²) in [7, 11) is 0. The molecular formula is C54H35NO. The van der Waals surface area contributed by atoms with Crippen LogP contribution in [0.5, 0.6) is 0 Å². The minimum Gasteiger partial charge on any atom is -0.454 e. The monoisotopic (exact) mass is 713 g/mol. The molecule has 1 heterocycles. The number of nitrogens with zero attached hydrogens (tertiary/aromatic N) is 1. The van der Waals surface area contributed by atoms with Gasteiger partial charge in [0.15, 0.2) is 5.58 Å². The molecule has 0 saturated carbocycles. The molecule has 0 bridgehead atoms. The van der Waals surface area contributed by atoms with E-state index in [9.17, 15) is 0 Å². The number of hydrogen-bond acceptors (Lipinski definition) is 2. The maximum atomic E-state index is 7.03. The molecule has 0 saturated heterocycles. The van der Waals surface area contributed by atoms with Crippen LogP contribution in [-0.4, -0.2) is 0 Å². The van der Waals surface area contributed by atoms with Gasteiger partial charge in [0.1, 0.15) is 5.58 Å². The summed E-state index contributed by atoms with van der Waals surface area (Å²) in [6.07, 6.45) is 0. The lowest BCUT2D eigenvalue weighted by Gasteiger charge is -2.32. The van der Waals surface area contributed by atoms with Gasteiger partial charge in [0, 0.05) is 22.1 Å². The largest absolute Gasteiger partial charge is 0.454 e. The summed E-state index contributed by atoms with van der Waals surface area (Å²) in [5.41, 5.74) is 18.5. The van der Waals surface area contributed by atoms with Crippen LogP contribution in [0.4, 0.5) is 17.1 Å². The third-order valence-corrected chi connectivity index (χ3v) is 12.4. The predicted octanol–water partition coefficient (Wildman–Crippen LogP) is 14.5. The Hall–Kier alpha value is -7.16. The van der Waals surface area contributed by atoms with Crippen molar-refractivity contribution < 1.29 is 4.42 Å². The van der Waals surface area contributed by atoms with Gasteiger partial charge in [0.25, 0.3) is 0 Å². The molecule has 0 fully saturated rings. The van der Waals surface area contributed by atoms with Crippen molar-refractivity contribution in [2.75, 3.05) is 4.90 Å². The van der Waals surface area contributed by atoms with Crippen LogP contribution in [0.25, 0.3) is 66.1 Å². The Morgan fingerprint density at radius 3 is 1.66 bits per heavy atom. The summed E-state index contributed by atoms with van der Waals surface area (Å²) in [6.45, 7) is 2.14. The van der Waals surface area contributed by atoms with Crippen molar-refractivity contribution in [1.29, 1.82) is 0 Å². The molecule has 9 aromatic carbocycles. The number of para-hydroxylation sites is 1. The molecule has 1 aromatic heterocycles. The average molecular weight is 714 g/mol. The van der Waals surface area contributed by atoms with E-state index >= 15 is 0 Å². The van der Waals surface area contributed by atoms with Crippen molar-refractivity contribution in [3.05, 3.63) is 222 Å². The van der Waals surface area contributed by atoms with Gasteiger partial charge in [0.2, 0.25) is 0 Å². The van der Waals surface area contributed by atoms with Crippen LogP contribution in [0.1, 0.15) is 27.8 Å². The molecule has 2 heteroatoms. The first-order chi connectivity index (χ1) is 27.7. The molecule has 0 aliphatic heterocycles. The van der Waals surface area contributed by atoms with Crippen molar-refractivity contribution >= 4 is 49.8 Å². The summed E-state index contributed by atoms with van der Waals surface area (Å²) >= 11 is 0. The number of benzene rings is 9. The molecule has 2 nitrogen and oxygen atoms in total. The van der Waals surface area contributed by atoms with Crippen LogP contribution in [0, 0.1) is 6.92 Å². The van der Waals surface area contributed by atoms with Gasteiger partial charge >= 0.3 is 0 Å². The zero-order valence-electron chi connectivity index (χ0n) is 30.8. The maximum Gasteiger partial charge on any atom is 0.160 e. The van der Waals surface area contributed by atoms with E-state index in [0.717, 1.165) is 44.6 Å². The van der Waals surface area contributed by atoms with Crippen molar-refractivity contribution in [2.24, 2.45) is 0 Å². The highest BCUT2D eigenvalue weighted by molar-refractivity contribution is 6.23. The van der Waals surface area contributed by atoms with Crippen molar-refractivity contribution in [3.63, 3.8) is 0 Å². The topological polar surface area (TPSA) is 16.4 Å². The molecule has 2 aliphatic rings. The fourth-order valence-electron chi connectivity index (χ4n) is 10.0. The van der Waals surface area contributed by atoms with Gasteiger partial charge < -0.3 is 9.32 Å². The Kier molecular flexibility index (Phi) is 6.50. The SMILES string of the molecule is Cc1cccc2c1oc1c(N(c3ccc(-c4ccccc4)cc3)c3ccc4c(c3)C3(c5ccccc5-c5ccccc53)c3ccccc3-4)cc3ccccc3c12. The number of hydrogen-bond donors (Lipinski definition) is 0. The molecule has 0 unspecified atom stereocenters. The Bertz CT molecular complexity index is 3140. The van der Waals surface area contributed by atoms with Gasteiger partial charge in [-0.1, -0.05) is 164 Å². The highest BCUT2D eigenvalue weighted by Crippen LogP contribution is 2.63. The Morgan fingerprint density at radius 2 is 0.964 bits per heavy atom. The van der Waals surface area contributed by atoms with Gasteiger partial charge in [-0.2, -0.15) is 0 Å². The maximum absolute atomic E-state index is 7.03. The number of aryl methyl sites for hydroxylation is 1. The van der Waals surface area contributed by atoms with E-state index in [2.05, 4.69) is 206 Å². The molecule has 56 heavy (non-hydrogen) atoms. The minimum absolute atomic E-state index is 0.451. The van der Waals surface area contributed by atoms with Crippen LogP contribution in [0.3, 0.4) is 0 Å². The van der Waals surface area contributed by atoms with E-state index in [-0.39, 0.29) is 0 Å². The van der Waals surface area contributed by atoms with Crippen molar-refractivity contribution in [3.8, 4) is 33.4 Å². The molecule has 0 N–H and O–H groups in total. The fourth-order valence-corrected chi connectivity index (χ4v) is 10.0. The van der Waals surface area contributed by atoms with Crippen molar-refractivity contribution in [2.45, 2.75) is 12.3 Å². The summed E-state index contributed by atoms with van der Waals surface area (Å²) in [5, 5.41) is 4.65. The van der Waals surface area contributed by atoms with E-state index in [1.165, 1.54) is 66.4 Å². The molecule has 0 atom stereocenters. The number of fused-ring (bicyclic) bond motifs is 15. The van der Waals surface area contributed by atoms with E-state index < -0.39 is 5.41 Å². The number of rotatable bonds is 4. The zero-order valence-corrected chi connectivity index (χ0v) is 30.8. The first-order valence-corrected chi connectivity index (χ1v) is 19.4. The van der Waals surface area contributed by atoms with Crippen LogP contribution < -0.4 is 4.90 Å². The third-order valence-electron chi connectivity index (χ3n) is 12.4. The van der Waals surface area contributed by atoms with Crippen LogP contribution in [0.2, 0.25) is 0 Å². The standard InChI is InChI=1S/C54H35NO/c1-34-14-13-22-45-51-40-18-6-5-17-37(40)32-50(53(51)56-52(34)45)55(38-28-26-36(27-29-38)35-15-3-2-4-16-35)39-30-31-44-43-21-9-12-25-48(43)54(49(44)33-39)46-23-10-7-19-41(46)42-20-8-11-24-47(42)54/h2-33H,1H3. The second-order valence-electron chi connectivity index (χ2n) is 15.2. The summed E-state index contributed by atoms with van der Waals surface area (Å²) in [5.74, 6) is 0. The Morgan fingerprint density at radius 1 is 0.411 bits per heavy atom. The highest BCUT2D eigenvalue weighted by Gasteiger charge is 2.51. The second-order valence-corrected chi connectivity index (χ2v) is 15.2. The summed E-state index contributed by atoms with van der Waals surface area (Å²) < 4.78 is 7.03. The second kappa shape index (κ2) is 11.7. The van der Waals surface area contributed by atoms with Gasteiger partial charge in [0.05, 0.1) is 11.1 Å². The molecule has 0 radical (unpaired) electrons. The molecule has 0 amide bonds. The van der Waals surface area contributed by atoms with E-state index in [1.807, 2.05) is 0 Å². The lowest BCUT2D eigenvalue weighted by Crippen LogP contribution is -2.26. The van der Waals surface area contributed by atoms with Gasteiger partial charge in [-0.15, -0.1) is 0 Å². The fraction of sp³-hybridized carbons (Fsp3) is 0.0370. The Labute approximate surface area is 325 Å². The van der Waals surface area contributed by atoms with E-state index in [4.69, 9.17) is 4.42 Å². The Balaban J connectivity index is 1.17. The summed E-state index contributed by atoms with van der Waals surface area (Å²) in [4.78, 5) is 2.42. The third kappa shape index (κ3) is 4.16. The van der Waals surface area contributed by atoms with Crippen molar-refractivity contribution in [1.82, 2.24) is 0 Å². The van der Waals surface area contributed by atoms with Gasteiger partial charge in [-0.05, 0) is 109 Å². The molecule has 12 rings (SSSR count). The molecule has 262 valence electrons. The van der Waals surface area contributed by atoms with Gasteiger partial charge in [-0.25, -0.2) is 0 Å². The molecular weight excluding hydrogens is 679 g/mol. The first-order valence-electron chi connectivity index (χ1n) is 19.4. The minimum atomic E-state index is -0.451. The zero-order chi connectivity index (χ0) is 37.0.